The molecule has 2 aromatic rings. The number of hydrogen-bond acceptors (Lipinski definition) is 4. The van der Waals surface area contributed by atoms with Crippen molar-refractivity contribution in [3.8, 4) is 5.75 Å². The standard InChI is InChI=1S/C18H18N2O3S/c1-19-11-17(23-12-14-5-3-2-4-6-14)16(21)9-15(19)10-20-7-8-24-13-18(20)22/h2-9,11H,10,12-13H2,1H3. The summed E-state index contributed by atoms with van der Waals surface area (Å²) in [6, 6.07) is 11.2. The number of nitrogens with zero attached hydrogens (tertiary/aromatic N) is 2. The maximum Gasteiger partial charge on any atom is 0.237 e. The van der Waals surface area contributed by atoms with Gasteiger partial charge in [0, 0.05) is 25.0 Å². The molecular formula is C18H18N2O3S. The fraction of sp³-hybridized carbons (Fsp3) is 0.222. The maximum absolute atomic E-state index is 12.3. The minimum absolute atomic E-state index is 0.0411. The first kappa shape index (κ1) is 16.4. The van der Waals surface area contributed by atoms with E-state index < -0.39 is 0 Å². The van der Waals surface area contributed by atoms with E-state index >= 15 is 0 Å². The molecule has 0 spiro atoms. The van der Waals surface area contributed by atoms with Gasteiger partial charge < -0.3 is 14.2 Å². The van der Waals surface area contributed by atoms with E-state index in [2.05, 4.69) is 0 Å². The lowest BCUT2D eigenvalue weighted by Crippen LogP contribution is -2.30. The van der Waals surface area contributed by atoms with Gasteiger partial charge >= 0.3 is 0 Å². The van der Waals surface area contributed by atoms with Crippen LogP contribution < -0.4 is 10.2 Å². The van der Waals surface area contributed by atoms with E-state index in [0.29, 0.717) is 24.7 Å². The van der Waals surface area contributed by atoms with E-state index in [9.17, 15) is 9.59 Å². The van der Waals surface area contributed by atoms with Gasteiger partial charge in [-0.2, -0.15) is 0 Å². The smallest absolute Gasteiger partial charge is 0.237 e. The highest BCUT2D eigenvalue weighted by Gasteiger charge is 2.16. The number of amides is 1. The van der Waals surface area contributed by atoms with E-state index in [4.69, 9.17) is 4.74 Å². The van der Waals surface area contributed by atoms with Crippen molar-refractivity contribution in [2.24, 2.45) is 7.05 Å². The third-order valence-corrected chi connectivity index (χ3v) is 4.47. The number of pyridine rings is 1. The molecule has 1 aromatic heterocycles. The summed E-state index contributed by atoms with van der Waals surface area (Å²) in [6.45, 7) is 0.723. The first-order valence-corrected chi connectivity index (χ1v) is 8.62. The molecule has 0 fully saturated rings. The maximum atomic E-state index is 12.3. The summed E-state index contributed by atoms with van der Waals surface area (Å²) >= 11 is 1.47. The Bertz CT molecular complexity index is 815. The molecule has 0 atom stereocenters. The molecule has 0 unspecified atom stereocenters. The molecule has 2 heterocycles. The highest BCUT2D eigenvalue weighted by atomic mass is 32.2. The van der Waals surface area contributed by atoms with Gasteiger partial charge in [-0.05, 0) is 11.0 Å². The zero-order chi connectivity index (χ0) is 16.9. The molecular weight excluding hydrogens is 324 g/mol. The number of carbonyl (C=O) groups excluding carboxylic acids is 1. The lowest BCUT2D eigenvalue weighted by atomic mass is 10.2. The zero-order valence-electron chi connectivity index (χ0n) is 13.3. The van der Waals surface area contributed by atoms with Crippen LogP contribution in [0.5, 0.6) is 5.75 Å². The van der Waals surface area contributed by atoms with E-state index in [1.54, 1.807) is 17.3 Å². The van der Waals surface area contributed by atoms with Gasteiger partial charge in [-0.1, -0.05) is 30.3 Å². The van der Waals surface area contributed by atoms with Crippen molar-refractivity contribution < 1.29 is 9.53 Å². The largest absolute Gasteiger partial charge is 0.483 e. The molecule has 1 aliphatic heterocycles. The summed E-state index contributed by atoms with van der Waals surface area (Å²) in [6.07, 6.45) is 3.42. The van der Waals surface area contributed by atoms with Crippen LogP contribution in [-0.4, -0.2) is 21.1 Å². The fourth-order valence-corrected chi connectivity index (χ4v) is 3.00. The van der Waals surface area contributed by atoms with Crippen LogP contribution >= 0.6 is 11.8 Å². The van der Waals surface area contributed by atoms with Crippen molar-refractivity contribution in [1.29, 1.82) is 0 Å². The van der Waals surface area contributed by atoms with Gasteiger partial charge in [0.05, 0.1) is 18.5 Å². The lowest BCUT2D eigenvalue weighted by Gasteiger charge is -2.22. The van der Waals surface area contributed by atoms with Crippen molar-refractivity contribution in [3.63, 3.8) is 0 Å². The Morgan fingerprint density at radius 3 is 2.75 bits per heavy atom. The molecule has 5 nitrogen and oxygen atoms in total. The van der Waals surface area contributed by atoms with Gasteiger partial charge in [0.25, 0.3) is 0 Å². The number of hydrogen-bond donors (Lipinski definition) is 0. The average Bonchev–Trinajstić information content (AvgIpc) is 2.59. The summed E-state index contributed by atoms with van der Waals surface area (Å²) in [7, 11) is 1.84. The second-order valence-electron chi connectivity index (χ2n) is 5.50. The van der Waals surface area contributed by atoms with E-state index in [0.717, 1.165) is 11.3 Å². The molecule has 1 aliphatic rings. The predicted molar refractivity (Wildman–Crippen MR) is 94.6 cm³/mol. The molecule has 6 heteroatoms. The van der Waals surface area contributed by atoms with Crippen molar-refractivity contribution in [2.45, 2.75) is 13.2 Å². The highest BCUT2D eigenvalue weighted by Crippen LogP contribution is 2.16. The van der Waals surface area contributed by atoms with Gasteiger partial charge in [-0.15, -0.1) is 11.8 Å². The molecule has 0 saturated heterocycles. The van der Waals surface area contributed by atoms with Crippen molar-refractivity contribution in [2.75, 3.05) is 5.75 Å². The second kappa shape index (κ2) is 7.40. The Balaban J connectivity index is 1.73. The average molecular weight is 342 g/mol. The van der Waals surface area contributed by atoms with Crippen LogP contribution in [0.25, 0.3) is 0 Å². The lowest BCUT2D eigenvalue weighted by molar-refractivity contribution is -0.126. The number of ether oxygens (including phenoxy) is 1. The van der Waals surface area contributed by atoms with E-state index in [1.165, 1.54) is 17.8 Å². The van der Waals surface area contributed by atoms with Crippen LogP contribution in [0.4, 0.5) is 0 Å². The second-order valence-corrected chi connectivity index (χ2v) is 6.39. The fourth-order valence-electron chi connectivity index (χ4n) is 2.36. The van der Waals surface area contributed by atoms with Crippen LogP contribution in [0.15, 0.2) is 59.0 Å². The summed E-state index contributed by atoms with van der Waals surface area (Å²) in [5.74, 6) is 0.781. The van der Waals surface area contributed by atoms with Crippen molar-refractivity contribution >= 4 is 17.7 Å². The SMILES string of the molecule is Cn1cc(OCc2ccccc2)c(=O)cc1CN1C=CSCC1=O. The van der Waals surface area contributed by atoms with Gasteiger partial charge in [0.1, 0.15) is 6.61 Å². The molecule has 1 amide bonds. The van der Waals surface area contributed by atoms with Gasteiger partial charge in [0.15, 0.2) is 5.75 Å². The molecule has 0 bridgehead atoms. The van der Waals surface area contributed by atoms with Gasteiger partial charge in [0.2, 0.25) is 11.3 Å². The van der Waals surface area contributed by atoms with E-state index in [-0.39, 0.29) is 11.3 Å². The Kier molecular flexibility index (Phi) is 5.05. The third kappa shape index (κ3) is 3.89. The molecule has 124 valence electrons. The minimum Gasteiger partial charge on any atom is -0.483 e. The molecule has 0 saturated carbocycles. The molecule has 1 aromatic carbocycles. The Morgan fingerprint density at radius 1 is 1.21 bits per heavy atom. The van der Waals surface area contributed by atoms with Crippen molar-refractivity contribution in [3.05, 3.63) is 75.7 Å². The van der Waals surface area contributed by atoms with Crippen LogP contribution in [0.1, 0.15) is 11.3 Å². The highest BCUT2D eigenvalue weighted by molar-refractivity contribution is 8.02. The Labute approximate surface area is 144 Å². The first-order valence-electron chi connectivity index (χ1n) is 7.57. The van der Waals surface area contributed by atoms with Crippen LogP contribution in [0.3, 0.4) is 0 Å². The number of carbonyl (C=O) groups is 1. The van der Waals surface area contributed by atoms with Crippen LogP contribution in [0, 0.1) is 0 Å². The Morgan fingerprint density at radius 2 is 2.00 bits per heavy atom. The number of aromatic nitrogens is 1. The van der Waals surface area contributed by atoms with Gasteiger partial charge in [-0.25, -0.2) is 0 Å². The summed E-state index contributed by atoms with van der Waals surface area (Å²) in [5, 5.41) is 1.89. The topological polar surface area (TPSA) is 51.5 Å². The summed E-state index contributed by atoms with van der Waals surface area (Å²) in [5.41, 5.74) is 1.59. The summed E-state index contributed by atoms with van der Waals surface area (Å²) in [4.78, 5) is 25.8. The number of thioether (sulfide) groups is 1. The quantitative estimate of drug-likeness (QED) is 0.838. The van der Waals surface area contributed by atoms with Crippen LogP contribution in [-0.2, 0) is 25.0 Å². The predicted octanol–water partition coefficient (Wildman–Crippen LogP) is 2.51. The first-order chi connectivity index (χ1) is 11.6. The number of benzene rings is 1. The summed E-state index contributed by atoms with van der Waals surface area (Å²) < 4.78 is 7.46. The van der Waals surface area contributed by atoms with E-state index in [1.807, 2.05) is 47.4 Å². The molecule has 0 radical (unpaired) electrons. The van der Waals surface area contributed by atoms with Crippen LogP contribution in [0.2, 0.25) is 0 Å². The number of aryl methyl sites for hydroxylation is 1. The number of rotatable bonds is 5. The molecule has 0 N–H and O–H groups in total. The van der Waals surface area contributed by atoms with Gasteiger partial charge in [-0.3, -0.25) is 9.59 Å². The molecule has 24 heavy (non-hydrogen) atoms. The third-order valence-electron chi connectivity index (χ3n) is 3.74. The minimum atomic E-state index is -0.179. The van der Waals surface area contributed by atoms with Crippen molar-refractivity contribution in [1.82, 2.24) is 9.47 Å². The molecule has 0 aliphatic carbocycles. The molecule has 3 rings (SSSR count). The normalized spacial score (nSPS) is 14.0. The Hall–Kier alpha value is -2.47. The monoisotopic (exact) mass is 342 g/mol. The zero-order valence-corrected chi connectivity index (χ0v) is 14.2.